The highest BCUT2D eigenvalue weighted by Crippen LogP contribution is 2.34. The van der Waals surface area contributed by atoms with Crippen molar-refractivity contribution in [3.8, 4) is 0 Å². The number of hydrogen-bond acceptors (Lipinski definition) is 3. The van der Waals surface area contributed by atoms with Gasteiger partial charge in [-0.15, -0.1) is 0 Å². The second-order valence-corrected chi connectivity index (χ2v) is 4.32. The Morgan fingerprint density at radius 1 is 1.44 bits per heavy atom. The summed E-state index contributed by atoms with van der Waals surface area (Å²) in [6.45, 7) is 1.54. The molecule has 3 rings (SSSR count). The molecule has 0 spiro atoms. The lowest BCUT2D eigenvalue weighted by molar-refractivity contribution is 0.0695. The van der Waals surface area contributed by atoms with Crippen molar-refractivity contribution in [3.05, 3.63) is 29.8 Å². The first-order valence-corrected chi connectivity index (χ1v) is 5.46. The number of nitrogens with zero attached hydrogens (tertiary/aromatic N) is 1. The number of hydrogen-bond donors (Lipinski definition) is 1. The van der Waals surface area contributed by atoms with Gasteiger partial charge >= 0.3 is 5.97 Å². The van der Waals surface area contributed by atoms with E-state index >= 15 is 0 Å². The van der Waals surface area contributed by atoms with Crippen molar-refractivity contribution in [1.29, 1.82) is 0 Å². The molecule has 2 aliphatic heterocycles. The molecule has 2 aliphatic rings. The van der Waals surface area contributed by atoms with Crippen LogP contribution in [0.4, 0.5) is 5.69 Å². The van der Waals surface area contributed by atoms with Gasteiger partial charge in [0.15, 0.2) is 0 Å². The number of carbonyl (C=O) groups is 1. The Kier molecular flexibility index (Phi) is 2.11. The van der Waals surface area contributed by atoms with E-state index in [1.54, 1.807) is 12.1 Å². The molecule has 1 aromatic rings. The number of anilines is 1. The second kappa shape index (κ2) is 3.49. The van der Waals surface area contributed by atoms with Crippen LogP contribution >= 0.6 is 0 Å². The Balaban J connectivity index is 1.97. The van der Waals surface area contributed by atoms with Crippen LogP contribution < -0.4 is 4.90 Å². The largest absolute Gasteiger partial charge is 0.478 e. The quantitative estimate of drug-likeness (QED) is 0.816. The standard InChI is InChI=1S/C12H13NO3/c14-12(15)10-3-1-2-4-11(10)13-6-9-5-8(13)7-16-9/h1-4,8-9H,5-7H2,(H,14,15). The van der Waals surface area contributed by atoms with Gasteiger partial charge in [0.2, 0.25) is 0 Å². The zero-order chi connectivity index (χ0) is 11.1. The molecule has 16 heavy (non-hydrogen) atoms. The Bertz CT molecular complexity index is 432. The number of aromatic carboxylic acids is 1. The number of rotatable bonds is 2. The molecule has 4 nitrogen and oxygen atoms in total. The summed E-state index contributed by atoms with van der Waals surface area (Å²) in [5, 5.41) is 9.14. The molecular weight excluding hydrogens is 206 g/mol. The summed E-state index contributed by atoms with van der Waals surface area (Å²) in [6.07, 6.45) is 1.31. The van der Waals surface area contributed by atoms with Crippen LogP contribution in [0.3, 0.4) is 0 Å². The molecule has 4 heteroatoms. The summed E-state index contributed by atoms with van der Waals surface area (Å²) in [6, 6.07) is 7.53. The van der Waals surface area contributed by atoms with Crippen LogP contribution in [0.1, 0.15) is 16.8 Å². The summed E-state index contributed by atoms with van der Waals surface area (Å²) >= 11 is 0. The predicted molar refractivity (Wildman–Crippen MR) is 58.9 cm³/mol. The van der Waals surface area contributed by atoms with E-state index in [0.29, 0.717) is 11.6 Å². The minimum atomic E-state index is -0.862. The van der Waals surface area contributed by atoms with Gasteiger partial charge < -0.3 is 14.7 Å². The third-order valence-electron chi connectivity index (χ3n) is 3.34. The number of carboxylic acids is 1. The maximum Gasteiger partial charge on any atom is 0.337 e. The molecule has 1 aromatic carbocycles. The lowest BCUT2D eigenvalue weighted by Crippen LogP contribution is -2.37. The summed E-state index contributed by atoms with van der Waals surface area (Å²) in [7, 11) is 0. The smallest absolute Gasteiger partial charge is 0.337 e. The normalized spacial score (nSPS) is 27.4. The van der Waals surface area contributed by atoms with Crippen LogP contribution in [-0.2, 0) is 4.74 Å². The number of ether oxygens (including phenoxy) is 1. The zero-order valence-corrected chi connectivity index (χ0v) is 8.80. The highest BCUT2D eigenvalue weighted by molar-refractivity contribution is 5.94. The minimum absolute atomic E-state index is 0.284. The second-order valence-electron chi connectivity index (χ2n) is 4.32. The van der Waals surface area contributed by atoms with Gasteiger partial charge in [0.05, 0.1) is 30.0 Å². The highest BCUT2D eigenvalue weighted by Gasteiger charge is 2.39. The van der Waals surface area contributed by atoms with Crippen molar-refractivity contribution in [1.82, 2.24) is 0 Å². The molecule has 2 fully saturated rings. The maximum absolute atomic E-state index is 11.1. The maximum atomic E-state index is 11.1. The molecule has 2 heterocycles. The van der Waals surface area contributed by atoms with Crippen molar-refractivity contribution < 1.29 is 14.6 Å². The van der Waals surface area contributed by atoms with Crippen LogP contribution in [0.5, 0.6) is 0 Å². The van der Waals surface area contributed by atoms with E-state index in [2.05, 4.69) is 4.90 Å². The van der Waals surface area contributed by atoms with Gasteiger partial charge in [-0.25, -0.2) is 4.79 Å². The van der Waals surface area contributed by atoms with E-state index in [1.165, 1.54) is 0 Å². The highest BCUT2D eigenvalue weighted by atomic mass is 16.5. The van der Waals surface area contributed by atoms with Crippen LogP contribution in [0.2, 0.25) is 0 Å². The van der Waals surface area contributed by atoms with Crippen LogP contribution in [0, 0.1) is 0 Å². The van der Waals surface area contributed by atoms with Crippen LogP contribution in [-0.4, -0.2) is 36.4 Å². The fourth-order valence-corrected chi connectivity index (χ4v) is 2.60. The Labute approximate surface area is 93.4 Å². The van der Waals surface area contributed by atoms with Gasteiger partial charge in [0.1, 0.15) is 0 Å². The SMILES string of the molecule is O=C(O)c1ccccc1N1CC2CC1CO2. The molecule has 0 aliphatic carbocycles. The summed E-state index contributed by atoms with van der Waals surface area (Å²) in [5.74, 6) is -0.862. The van der Waals surface area contributed by atoms with Crippen LogP contribution in [0.15, 0.2) is 24.3 Å². The van der Waals surface area contributed by atoms with Gasteiger partial charge in [-0.2, -0.15) is 0 Å². The number of morpholine rings is 1. The molecule has 0 aromatic heterocycles. The van der Waals surface area contributed by atoms with E-state index in [4.69, 9.17) is 9.84 Å². The number of fused-ring (bicyclic) bond motifs is 2. The zero-order valence-electron chi connectivity index (χ0n) is 8.80. The number of para-hydroxylation sites is 1. The summed E-state index contributed by atoms with van der Waals surface area (Å²) < 4.78 is 5.51. The molecule has 0 radical (unpaired) electrons. The average molecular weight is 219 g/mol. The topological polar surface area (TPSA) is 49.8 Å². The van der Waals surface area contributed by atoms with Gasteiger partial charge in [-0.05, 0) is 18.6 Å². The van der Waals surface area contributed by atoms with Crippen molar-refractivity contribution in [2.75, 3.05) is 18.1 Å². The van der Waals surface area contributed by atoms with Gasteiger partial charge in [-0.3, -0.25) is 0 Å². The molecule has 0 amide bonds. The minimum Gasteiger partial charge on any atom is -0.478 e. The third kappa shape index (κ3) is 1.38. The van der Waals surface area contributed by atoms with E-state index in [0.717, 1.165) is 25.3 Å². The average Bonchev–Trinajstić information content (AvgIpc) is 2.90. The van der Waals surface area contributed by atoms with Gasteiger partial charge in [-0.1, -0.05) is 12.1 Å². The Morgan fingerprint density at radius 3 is 2.88 bits per heavy atom. The molecule has 2 saturated heterocycles. The summed E-state index contributed by atoms with van der Waals surface area (Å²) in [5.41, 5.74) is 1.21. The van der Waals surface area contributed by atoms with Crippen LogP contribution in [0.25, 0.3) is 0 Å². The molecular formula is C12H13NO3. The molecule has 2 atom stereocenters. The van der Waals surface area contributed by atoms with Crippen molar-refractivity contribution in [2.45, 2.75) is 18.6 Å². The van der Waals surface area contributed by atoms with E-state index in [1.807, 2.05) is 12.1 Å². The van der Waals surface area contributed by atoms with E-state index in [9.17, 15) is 4.79 Å². The molecule has 0 saturated carbocycles. The van der Waals surface area contributed by atoms with Crippen molar-refractivity contribution in [3.63, 3.8) is 0 Å². The molecule has 2 unspecified atom stereocenters. The first-order chi connectivity index (χ1) is 7.75. The van der Waals surface area contributed by atoms with Crippen molar-refractivity contribution >= 4 is 11.7 Å². The molecule has 84 valence electrons. The first-order valence-electron chi connectivity index (χ1n) is 5.46. The number of benzene rings is 1. The Morgan fingerprint density at radius 2 is 2.25 bits per heavy atom. The monoisotopic (exact) mass is 219 g/mol. The van der Waals surface area contributed by atoms with Gasteiger partial charge in [0, 0.05) is 6.54 Å². The van der Waals surface area contributed by atoms with Gasteiger partial charge in [0.25, 0.3) is 0 Å². The van der Waals surface area contributed by atoms with E-state index < -0.39 is 5.97 Å². The third-order valence-corrected chi connectivity index (χ3v) is 3.34. The lowest BCUT2D eigenvalue weighted by atomic mass is 10.1. The first kappa shape index (κ1) is 9.66. The fraction of sp³-hybridized carbons (Fsp3) is 0.417. The Hall–Kier alpha value is -1.55. The lowest BCUT2D eigenvalue weighted by Gasteiger charge is -2.29. The molecule has 1 N–H and O–H groups in total. The summed E-state index contributed by atoms with van der Waals surface area (Å²) in [4.78, 5) is 13.3. The molecule has 2 bridgehead atoms. The predicted octanol–water partition coefficient (Wildman–Crippen LogP) is 1.36. The van der Waals surface area contributed by atoms with Crippen molar-refractivity contribution in [2.24, 2.45) is 0 Å². The fourth-order valence-electron chi connectivity index (χ4n) is 2.60. The number of carboxylic acid groups (broad SMARTS) is 1. The van der Waals surface area contributed by atoms with E-state index in [-0.39, 0.29) is 6.10 Å².